The molecule has 0 fully saturated rings. The van der Waals surface area contributed by atoms with Gasteiger partial charge in [0.05, 0.1) is 26.0 Å². The number of nitrogen functional groups attached to an aromatic ring is 1. The first kappa shape index (κ1) is 12.9. The lowest BCUT2D eigenvalue weighted by Crippen LogP contribution is -2.17. The van der Waals surface area contributed by atoms with Crippen LogP contribution in [0.25, 0.3) is 0 Å². The van der Waals surface area contributed by atoms with Crippen molar-refractivity contribution < 1.29 is 9.47 Å². The molecule has 0 aliphatic carbocycles. The van der Waals surface area contributed by atoms with Crippen LogP contribution in [0.5, 0.6) is 5.75 Å². The second-order valence-corrected chi connectivity index (χ2v) is 4.74. The molecule has 3 rings (SSSR count). The Hall–Kier alpha value is -2.14. The molecule has 0 unspecified atom stereocenters. The Bertz CT molecular complexity index is 629. The van der Waals surface area contributed by atoms with Gasteiger partial charge in [0.25, 0.3) is 0 Å². The van der Waals surface area contributed by atoms with E-state index >= 15 is 0 Å². The van der Waals surface area contributed by atoms with Crippen LogP contribution in [0.1, 0.15) is 22.6 Å². The van der Waals surface area contributed by atoms with Crippen LogP contribution >= 0.6 is 0 Å². The number of benzene rings is 1. The van der Waals surface area contributed by atoms with Gasteiger partial charge < -0.3 is 15.2 Å². The largest absolute Gasteiger partial charge is 0.496 e. The van der Waals surface area contributed by atoms with E-state index in [9.17, 15) is 0 Å². The first-order valence-corrected chi connectivity index (χ1v) is 6.61. The van der Waals surface area contributed by atoms with E-state index in [-0.39, 0.29) is 0 Å². The fourth-order valence-electron chi connectivity index (χ4n) is 2.41. The molecule has 0 spiro atoms. The minimum absolute atomic E-state index is 0.510. The summed E-state index contributed by atoms with van der Waals surface area (Å²) in [4.78, 5) is 9.01. The van der Waals surface area contributed by atoms with Crippen molar-refractivity contribution in [3.8, 4) is 5.75 Å². The molecule has 0 radical (unpaired) electrons. The van der Waals surface area contributed by atoms with Crippen LogP contribution in [0.4, 0.5) is 5.82 Å². The molecule has 1 aliphatic heterocycles. The summed E-state index contributed by atoms with van der Waals surface area (Å²) in [6, 6.07) is 7.88. The number of para-hydroxylation sites is 1. The second kappa shape index (κ2) is 5.46. The Morgan fingerprint density at radius 1 is 1.30 bits per heavy atom. The van der Waals surface area contributed by atoms with Crippen LogP contribution in [0.2, 0.25) is 0 Å². The smallest absolute Gasteiger partial charge is 0.135 e. The Kier molecular flexibility index (Phi) is 3.52. The summed E-state index contributed by atoms with van der Waals surface area (Å²) in [6.45, 7) is 1.20. The molecule has 0 saturated carbocycles. The van der Waals surface area contributed by atoms with Crippen molar-refractivity contribution in [2.45, 2.75) is 19.4 Å². The number of nitrogens with zero attached hydrogens (tertiary/aromatic N) is 2. The van der Waals surface area contributed by atoms with Crippen LogP contribution in [0.3, 0.4) is 0 Å². The van der Waals surface area contributed by atoms with Gasteiger partial charge in [0, 0.05) is 24.0 Å². The summed E-state index contributed by atoms with van der Waals surface area (Å²) in [6.07, 6.45) is 1.41. The van der Waals surface area contributed by atoms with Gasteiger partial charge in [-0.2, -0.15) is 0 Å². The zero-order valence-electron chi connectivity index (χ0n) is 11.4. The lowest BCUT2D eigenvalue weighted by atomic mass is 10.1. The number of fused-ring (bicyclic) bond motifs is 1. The number of hydrogen-bond donors (Lipinski definition) is 1. The molecule has 1 aromatic heterocycles. The third-order valence-electron chi connectivity index (χ3n) is 3.44. The Labute approximate surface area is 117 Å². The number of ether oxygens (including phenoxy) is 2. The fourth-order valence-corrected chi connectivity index (χ4v) is 2.41. The average Bonchev–Trinajstić information content (AvgIpc) is 2.48. The second-order valence-electron chi connectivity index (χ2n) is 4.74. The van der Waals surface area contributed by atoms with Crippen LogP contribution in [0, 0.1) is 0 Å². The maximum absolute atomic E-state index is 6.00. The van der Waals surface area contributed by atoms with Crippen LogP contribution in [-0.2, 0) is 24.2 Å². The molecule has 1 aliphatic rings. The first-order chi connectivity index (χ1) is 9.78. The van der Waals surface area contributed by atoms with E-state index in [2.05, 4.69) is 9.97 Å². The molecule has 1 aromatic carbocycles. The van der Waals surface area contributed by atoms with E-state index in [1.807, 2.05) is 24.3 Å². The molecule has 5 nitrogen and oxygen atoms in total. The van der Waals surface area contributed by atoms with Gasteiger partial charge in [-0.25, -0.2) is 9.97 Å². The minimum Gasteiger partial charge on any atom is -0.496 e. The SMILES string of the molecule is COc1ccccc1Cc1nc(N)c2c(n1)CCOC2. The average molecular weight is 271 g/mol. The van der Waals surface area contributed by atoms with Crippen LogP contribution in [0.15, 0.2) is 24.3 Å². The summed E-state index contributed by atoms with van der Waals surface area (Å²) in [7, 11) is 1.66. The molecular formula is C15H17N3O2. The first-order valence-electron chi connectivity index (χ1n) is 6.61. The van der Waals surface area contributed by atoms with Gasteiger partial charge in [0.1, 0.15) is 17.4 Å². The molecule has 0 saturated heterocycles. The van der Waals surface area contributed by atoms with Gasteiger partial charge in [0.2, 0.25) is 0 Å². The Morgan fingerprint density at radius 3 is 3.00 bits per heavy atom. The summed E-state index contributed by atoms with van der Waals surface area (Å²) in [5.74, 6) is 2.10. The molecule has 2 aromatic rings. The monoisotopic (exact) mass is 271 g/mol. The molecule has 0 atom stereocenters. The van der Waals surface area contributed by atoms with Crippen LogP contribution < -0.4 is 10.5 Å². The zero-order chi connectivity index (χ0) is 13.9. The third kappa shape index (κ3) is 2.44. The molecular weight excluding hydrogens is 254 g/mol. The summed E-state index contributed by atoms with van der Waals surface area (Å²) in [5, 5.41) is 0. The fraction of sp³-hybridized carbons (Fsp3) is 0.333. The summed E-state index contributed by atoms with van der Waals surface area (Å²) < 4.78 is 10.7. The molecule has 104 valence electrons. The van der Waals surface area contributed by atoms with E-state index < -0.39 is 0 Å². The van der Waals surface area contributed by atoms with Gasteiger partial charge in [-0.1, -0.05) is 18.2 Å². The van der Waals surface area contributed by atoms with Gasteiger partial charge in [-0.15, -0.1) is 0 Å². The van der Waals surface area contributed by atoms with E-state index in [1.165, 1.54) is 0 Å². The highest BCUT2D eigenvalue weighted by Gasteiger charge is 2.17. The number of anilines is 1. The number of nitrogens with two attached hydrogens (primary N) is 1. The normalized spacial score (nSPS) is 13.8. The van der Waals surface area contributed by atoms with Crippen molar-refractivity contribution in [2.24, 2.45) is 0 Å². The number of rotatable bonds is 3. The van der Waals surface area contributed by atoms with E-state index in [0.717, 1.165) is 34.8 Å². The quantitative estimate of drug-likeness (QED) is 0.920. The highest BCUT2D eigenvalue weighted by molar-refractivity contribution is 5.44. The lowest BCUT2D eigenvalue weighted by molar-refractivity contribution is 0.109. The molecule has 5 heteroatoms. The number of hydrogen-bond acceptors (Lipinski definition) is 5. The van der Waals surface area contributed by atoms with Crippen molar-refractivity contribution >= 4 is 5.82 Å². The van der Waals surface area contributed by atoms with Crippen molar-refractivity contribution in [1.29, 1.82) is 0 Å². The zero-order valence-corrected chi connectivity index (χ0v) is 11.4. The van der Waals surface area contributed by atoms with Crippen molar-refractivity contribution in [3.63, 3.8) is 0 Å². The standard InChI is InChI=1S/C15H17N3O2/c1-19-13-5-3-2-4-10(13)8-14-17-12-6-7-20-9-11(12)15(16)18-14/h2-5H,6-9H2,1H3,(H2,16,17,18). The Balaban J connectivity index is 1.93. The predicted octanol–water partition coefficient (Wildman–Crippen LogP) is 1.73. The molecule has 2 heterocycles. The van der Waals surface area contributed by atoms with Crippen molar-refractivity contribution in [3.05, 3.63) is 46.9 Å². The van der Waals surface area contributed by atoms with Gasteiger partial charge in [0.15, 0.2) is 0 Å². The maximum Gasteiger partial charge on any atom is 0.135 e. The maximum atomic E-state index is 6.00. The molecule has 20 heavy (non-hydrogen) atoms. The number of methoxy groups -OCH3 is 1. The van der Waals surface area contributed by atoms with E-state index in [0.29, 0.717) is 25.5 Å². The highest BCUT2D eigenvalue weighted by Crippen LogP contribution is 2.23. The third-order valence-corrected chi connectivity index (χ3v) is 3.44. The highest BCUT2D eigenvalue weighted by atomic mass is 16.5. The number of aromatic nitrogens is 2. The lowest BCUT2D eigenvalue weighted by Gasteiger charge is -2.18. The van der Waals surface area contributed by atoms with Crippen molar-refractivity contribution in [2.75, 3.05) is 19.5 Å². The summed E-state index contributed by atoms with van der Waals surface area (Å²) >= 11 is 0. The topological polar surface area (TPSA) is 70.3 Å². The van der Waals surface area contributed by atoms with Gasteiger partial charge in [-0.05, 0) is 6.07 Å². The molecule has 0 amide bonds. The predicted molar refractivity (Wildman–Crippen MR) is 75.6 cm³/mol. The van der Waals surface area contributed by atoms with Crippen molar-refractivity contribution in [1.82, 2.24) is 9.97 Å². The van der Waals surface area contributed by atoms with E-state index in [4.69, 9.17) is 15.2 Å². The molecule has 0 bridgehead atoms. The summed E-state index contributed by atoms with van der Waals surface area (Å²) in [5.41, 5.74) is 9.00. The van der Waals surface area contributed by atoms with Gasteiger partial charge in [-0.3, -0.25) is 0 Å². The van der Waals surface area contributed by atoms with E-state index in [1.54, 1.807) is 7.11 Å². The Morgan fingerprint density at radius 2 is 2.15 bits per heavy atom. The van der Waals surface area contributed by atoms with Crippen LogP contribution in [-0.4, -0.2) is 23.7 Å². The minimum atomic E-state index is 0.510. The van der Waals surface area contributed by atoms with Gasteiger partial charge >= 0.3 is 0 Å². The molecule has 2 N–H and O–H groups in total.